The van der Waals surface area contributed by atoms with E-state index in [0.29, 0.717) is 31.3 Å². The molecule has 1 aromatic heterocycles. The van der Waals surface area contributed by atoms with Gasteiger partial charge in [-0.05, 0) is 36.8 Å². The van der Waals surface area contributed by atoms with Crippen molar-refractivity contribution in [3.8, 4) is 23.2 Å². The SMILES string of the molecule is CCOc1ccc(-c2noc(CCC(=O)N(CC#N)Cc3ccccc3)n2)cc1. The van der Waals surface area contributed by atoms with Crippen LogP contribution in [0.4, 0.5) is 0 Å². The second kappa shape index (κ2) is 10.0. The molecule has 2 aromatic carbocycles. The number of aryl methyl sites for hydroxylation is 1. The third-order valence-corrected chi connectivity index (χ3v) is 4.27. The van der Waals surface area contributed by atoms with E-state index in [4.69, 9.17) is 14.5 Å². The van der Waals surface area contributed by atoms with Gasteiger partial charge in [0, 0.05) is 24.9 Å². The molecule has 0 fully saturated rings. The number of hydrogen-bond donors (Lipinski definition) is 0. The Morgan fingerprint density at radius 1 is 1.17 bits per heavy atom. The molecule has 0 saturated heterocycles. The summed E-state index contributed by atoms with van der Waals surface area (Å²) in [5, 5.41) is 13.0. The predicted octanol–water partition coefficient (Wildman–Crippen LogP) is 3.62. The lowest BCUT2D eigenvalue weighted by Crippen LogP contribution is -2.31. The summed E-state index contributed by atoms with van der Waals surface area (Å²) < 4.78 is 10.7. The van der Waals surface area contributed by atoms with Crippen LogP contribution in [-0.2, 0) is 17.8 Å². The summed E-state index contributed by atoms with van der Waals surface area (Å²) in [7, 11) is 0. The Morgan fingerprint density at radius 3 is 2.62 bits per heavy atom. The largest absolute Gasteiger partial charge is 0.494 e. The molecule has 1 heterocycles. The van der Waals surface area contributed by atoms with E-state index in [2.05, 4.69) is 10.1 Å². The van der Waals surface area contributed by atoms with Crippen molar-refractivity contribution in [3.05, 3.63) is 66.1 Å². The lowest BCUT2D eigenvalue weighted by molar-refractivity contribution is -0.131. The molecule has 148 valence electrons. The van der Waals surface area contributed by atoms with Crippen LogP contribution in [0.1, 0.15) is 24.8 Å². The van der Waals surface area contributed by atoms with Gasteiger partial charge in [-0.2, -0.15) is 10.2 Å². The Kier molecular flexibility index (Phi) is 6.95. The maximum atomic E-state index is 12.6. The smallest absolute Gasteiger partial charge is 0.227 e. The average molecular weight is 390 g/mol. The van der Waals surface area contributed by atoms with Crippen LogP contribution in [0, 0.1) is 11.3 Å². The number of carbonyl (C=O) groups excluding carboxylic acids is 1. The summed E-state index contributed by atoms with van der Waals surface area (Å²) in [6.45, 7) is 2.97. The van der Waals surface area contributed by atoms with Crippen molar-refractivity contribution >= 4 is 5.91 Å². The first-order chi connectivity index (χ1) is 14.2. The van der Waals surface area contributed by atoms with Crippen LogP contribution < -0.4 is 4.74 Å². The minimum Gasteiger partial charge on any atom is -0.494 e. The Labute approximate surface area is 169 Å². The van der Waals surface area contributed by atoms with Gasteiger partial charge in [0.15, 0.2) is 0 Å². The Morgan fingerprint density at radius 2 is 1.93 bits per heavy atom. The molecule has 0 atom stereocenters. The fourth-order valence-corrected chi connectivity index (χ4v) is 2.83. The zero-order valence-corrected chi connectivity index (χ0v) is 16.2. The van der Waals surface area contributed by atoms with Crippen molar-refractivity contribution < 1.29 is 14.1 Å². The minimum absolute atomic E-state index is 0.0367. The van der Waals surface area contributed by atoms with Gasteiger partial charge in [0.05, 0.1) is 12.7 Å². The summed E-state index contributed by atoms with van der Waals surface area (Å²) in [4.78, 5) is 18.4. The van der Waals surface area contributed by atoms with Crippen molar-refractivity contribution in [2.24, 2.45) is 0 Å². The fourth-order valence-electron chi connectivity index (χ4n) is 2.83. The first-order valence-corrected chi connectivity index (χ1v) is 9.44. The third kappa shape index (κ3) is 5.66. The summed E-state index contributed by atoms with van der Waals surface area (Å²) in [5.41, 5.74) is 1.79. The highest BCUT2D eigenvalue weighted by Gasteiger charge is 2.16. The Balaban J connectivity index is 1.58. The van der Waals surface area contributed by atoms with Crippen LogP contribution in [-0.4, -0.2) is 34.1 Å². The maximum absolute atomic E-state index is 12.6. The van der Waals surface area contributed by atoms with Gasteiger partial charge in [0.2, 0.25) is 17.6 Å². The van der Waals surface area contributed by atoms with E-state index in [0.717, 1.165) is 16.9 Å². The first kappa shape index (κ1) is 20.1. The van der Waals surface area contributed by atoms with E-state index in [-0.39, 0.29) is 18.9 Å². The molecule has 29 heavy (non-hydrogen) atoms. The van der Waals surface area contributed by atoms with E-state index in [1.54, 1.807) is 0 Å². The number of nitrogens with zero attached hydrogens (tertiary/aromatic N) is 4. The number of hydrogen-bond acceptors (Lipinski definition) is 6. The van der Waals surface area contributed by atoms with Crippen LogP contribution in [0.5, 0.6) is 5.75 Å². The van der Waals surface area contributed by atoms with Crippen LogP contribution in [0.15, 0.2) is 59.1 Å². The van der Waals surface area contributed by atoms with Crippen molar-refractivity contribution in [2.75, 3.05) is 13.2 Å². The van der Waals surface area contributed by atoms with Crippen molar-refractivity contribution in [3.63, 3.8) is 0 Å². The number of benzene rings is 2. The Bertz CT molecular complexity index is 962. The second-order valence-electron chi connectivity index (χ2n) is 6.36. The molecule has 0 aliphatic rings. The van der Waals surface area contributed by atoms with Crippen molar-refractivity contribution in [1.82, 2.24) is 15.0 Å². The molecular formula is C22H22N4O3. The lowest BCUT2D eigenvalue weighted by Gasteiger charge is -2.19. The molecule has 3 rings (SSSR count). The van der Waals surface area contributed by atoms with Gasteiger partial charge in [-0.1, -0.05) is 35.5 Å². The summed E-state index contributed by atoms with van der Waals surface area (Å²) in [5.74, 6) is 1.50. The monoisotopic (exact) mass is 390 g/mol. The molecule has 7 nitrogen and oxygen atoms in total. The minimum atomic E-state index is -0.128. The maximum Gasteiger partial charge on any atom is 0.227 e. The van der Waals surface area contributed by atoms with Gasteiger partial charge < -0.3 is 14.2 Å². The highest BCUT2D eigenvalue weighted by molar-refractivity contribution is 5.76. The third-order valence-electron chi connectivity index (χ3n) is 4.27. The zero-order valence-electron chi connectivity index (χ0n) is 16.2. The molecule has 0 bridgehead atoms. The molecule has 7 heteroatoms. The van der Waals surface area contributed by atoms with Gasteiger partial charge in [-0.15, -0.1) is 0 Å². The Hall–Kier alpha value is -3.66. The average Bonchev–Trinajstić information content (AvgIpc) is 3.22. The lowest BCUT2D eigenvalue weighted by atomic mass is 10.2. The molecule has 0 aliphatic carbocycles. The van der Waals surface area contributed by atoms with Gasteiger partial charge in [-0.3, -0.25) is 4.79 Å². The number of aromatic nitrogens is 2. The van der Waals surface area contributed by atoms with Crippen LogP contribution in [0.2, 0.25) is 0 Å². The number of carbonyl (C=O) groups is 1. The van der Waals surface area contributed by atoms with E-state index >= 15 is 0 Å². The molecule has 1 amide bonds. The van der Waals surface area contributed by atoms with Crippen molar-refractivity contribution in [2.45, 2.75) is 26.3 Å². The quantitative estimate of drug-likeness (QED) is 0.518. The molecule has 0 unspecified atom stereocenters. The van der Waals surface area contributed by atoms with Gasteiger partial charge in [0.25, 0.3) is 0 Å². The van der Waals surface area contributed by atoms with Gasteiger partial charge >= 0.3 is 0 Å². The standard InChI is InChI=1S/C22H22N4O3/c1-2-28-19-10-8-18(9-11-19)22-24-20(29-25-22)12-13-21(27)26(15-14-23)16-17-6-4-3-5-7-17/h3-11H,2,12-13,15-16H2,1H3. The van der Waals surface area contributed by atoms with Gasteiger partial charge in [-0.25, -0.2) is 0 Å². The van der Waals surface area contributed by atoms with E-state index in [1.807, 2.05) is 67.6 Å². The molecular weight excluding hydrogens is 368 g/mol. The topological polar surface area (TPSA) is 92.3 Å². The molecule has 0 spiro atoms. The van der Waals surface area contributed by atoms with E-state index in [9.17, 15) is 4.79 Å². The number of amides is 1. The van der Waals surface area contributed by atoms with Crippen LogP contribution in [0.25, 0.3) is 11.4 Å². The molecule has 0 radical (unpaired) electrons. The van der Waals surface area contributed by atoms with Gasteiger partial charge in [0.1, 0.15) is 12.3 Å². The normalized spacial score (nSPS) is 10.3. The van der Waals surface area contributed by atoms with Crippen LogP contribution >= 0.6 is 0 Å². The number of rotatable bonds is 9. The molecule has 3 aromatic rings. The van der Waals surface area contributed by atoms with E-state index in [1.165, 1.54) is 4.90 Å². The van der Waals surface area contributed by atoms with Crippen molar-refractivity contribution in [1.29, 1.82) is 5.26 Å². The highest BCUT2D eigenvalue weighted by atomic mass is 16.5. The van der Waals surface area contributed by atoms with Crippen LogP contribution in [0.3, 0.4) is 0 Å². The van der Waals surface area contributed by atoms with E-state index < -0.39 is 0 Å². The molecule has 0 saturated carbocycles. The second-order valence-corrected chi connectivity index (χ2v) is 6.36. The summed E-state index contributed by atoms with van der Waals surface area (Å²) in [6.07, 6.45) is 0.513. The fraction of sp³-hybridized carbons (Fsp3) is 0.273. The predicted molar refractivity (Wildman–Crippen MR) is 107 cm³/mol. The summed E-state index contributed by atoms with van der Waals surface area (Å²) >= 11 is 0. The zero-order chi connectivity index (χ0) is 20.5. The highest BCUT2D eigenvalue weighted by Crippen LogP contribution is 2.20. The molecule has 0 N–H and O–H groups in total. The molecule has 0 aliphatic heterocycles. The number of ether oxygens (including phenoxy) is 1. The summed E-state index contributed by atoms with van der Waals surface area (Å²) in [6, 6.07) is 19.1. The first-order valence-electron chi connectivity index (χ1n) is 9.44. The number of nitriles is 1.